The zero-order valence-electron chi connectivity index (χ0n) is 15.5. The van der Waals surface area contributed by atoms with Gasteiger partial charge in [0.25, 0.3) is 5.91 Å². The number of halogens is 8. The molecule has 12 heteroatoms. The summed E-state index contributed by atoms with van der Waals surface area (Å²) in [6, 6.07) is 3.15. The number of methoxy groups -OCH3 is 1. The molecule has 2 aromatic carbocycles. The molecule has 2 aromatic rings. The highest BCUT2D eigenvalue weighted by molar-refractivity contribution is 6.35. The third kappa shape index (κ3) is 6.51. The van der Waals surface area contributed by atoms with Crippen LogP contribution < -0.4 is 5.32 Å². The van der Waals surface area contributed by atoms with Gasteiger partial charge in [0.1, 0.15) is 6.04 Å². The fraction of sp³-hybridized carbons (Fsp3) is 0.263. The Morgan fingerprint density at radius 1 is 0.968 bits per heavy atom. The highest BCUT2D eigenvalue weighted by Crippen LogP contribution is 2.36. The molecule has 2 rings (SSSR count). The summed E-state index contributed by atoms with van der Waals surface area (Å²) in [5.41, 5.74) is -3.74. The molecule has 0 aromatic heterocycles. The van der Waals surface area contributed by atoms with Crippen LogP contribution in [0.3, 0.4) is 0 Å². The Morgan fingerprint density at radius 3 is 2.00 bits per heavy atom. The Morgan fingerprint density at radius 2 is 1.52 bits per heavy atom. The molecule has 0 radical (unpaired) electrons. The van der Waals surface area contributed by atoms with Crippen molar-refractivity contribution in [3.63, 3.8) is 0 Å². The summed E-state index contributed by atoms with van der Waals surface area (Å²) >= 11 is 11.7. The number of nitrogens with one attached hydrogen (secondary N) is 1. The minimum Gasteiger partial charge on any atom is -0.467 e. The summed E-state index contributed by atoms with van der Waals surface area (Å²) in [6.07, 6.45) is -10.8. The van der Waals surface area contributed by atoms with Crippen molar-refractivity contribution < 1.29 is 40.7 Å². The van der Waals surface area contributed by atoms with Crippen LogP contribution in [0.4, 0.5) is 26.3 Å². The minimum absolute atomic E-state index is 0.0380. The van der Waals surface area contributed by atoms with Crippen molar-refractivity contribution in [3.05, 3.63) is 68.7 Å². The Balaban J connectivity index is 2.41. The lowest BCUT2D eigenvalue weighted by molar-refractivity contribution is -0.143. The summed E-state index contributed by atoms with van der Waals surface area (Å²) in [7, 11) is 0.946. The van der Waals surface area contributed by atoms with Gasteiger partial charge in [0.05, 0.1) is 28.8 Å². The topological polar surface area (TPSA) is 55.4 Å². The van der Waals surface area contributed by atoms with Crippen LogP contribution in [0.25, 0.3) is 0 Å². The van der Waals surface area contributed by atoms with E-state index in [1.165, 1.54) is 18.2 Å². The van der Waals surface area contributed by atoms with E-state index in [-0.39, 0.29) is 21.7 Å². The number of hydrogen-bond donors (Lipinski definition) is 1. The van der Waals surface area contributed by atoms with Crippen LogP contribution in [0.1, 0.15) is 27.0 Å². The molecule has 0 aliphatic carbocycles. The van der Waals surface area contributed by atoms with Gasteiger partial charge < -0.3 is 10.1 Å². The summed E-state index contributed by atoms with van der Waals surface area (Å²) in [5.74, 6) is -2.01. The third-order valence-electron chi connectivity index (χ3n) is 4.05. The molecule has 4 nitrogen and oxygen atoms in total. The summed E-state index contributed by atoms with van der Waals surface area (Å²) < 4.78 is 82.8. The van der Waals surface area contributed by atoms with Crippen molar-refractivity contribution in [1.29, 1.82) is 0 Å². The molecule has 1 atom stereocenters. The van der Waals surface area contributed by atoms with E-state index in [0.29, 0.717) is 12.1 Å². The molecule has 1 unspecified atom stereocenters. The Kier molecular flexibility index (Phi) is 7.48. The van der Waals surface area contributed by atoms with E-state index in [9.17, 15) is 35.9 Å². The molecule has 31 heavy (non-hydrogen) atoms. The second kappa shape index (κ2) is 9.35. The van der Waals surface area contributed by atoms with Gasteiger partial charge >= 0.3 is 18.3 Å². The van der Waals surface area contributed by atoms with E-state index >= 15 is 0 Å². The highest BCUT2D eigenvalue weighted by atomic mass is 35.5. The number of carbonyl (C=O) groups excluding carboxylic acids is 2. The lowest BCUT2D eigenvalue weighted by atomic mass is 9.99. The molecule has 0 spiro atoms. The van der Waals surface area contributed by atoms with Crippen molar-refractivity contribution >= 4 is 35.1 Å². The smallest absolute Gasteiger partial charge is 0.416 e. The quantitative estimate of drug-likeness (QED) is 0.444. The summed E-state index contributed by atoms with van der Waals surface area (Å²) in [5, 5.41) is 2.30. The van der Waals surface area contributed by atoms with Gasteiger partial charge in [-0.25, -0.2) is 4.79 Å². The van der Waals surface area contributed by atoms with E-state index < -0.39 is 53.4 Å². The van der Waals surface area contributed by atoms with Crippen LogP contribution >= 0.6 is 23.2 Å². The normalized spacial score (nSPS) is 12.9. The molecule has 0 bridgehead atoms. The molecule has 1 N–H and O–H groups in total. The number of hydrogen-bond acceptors (Lipinski definition) is 3. The maximum atomic E-state index is 13.1. The number of esters is 1. The molecular formula is C19H13Cl2F6NO3. The first-order chi connectivity index (χ1) is 14.2. The average Bonchev–Trinajstić information content (AvgIpc) is 2.67. The molecule has 1 amide bonds. The SMILES string of the molecule is COC(=O)C(Cc1cc(C(F)(F)F)cc(C(F)(F)F)c1)NC(=O)c1cc(Cl)ccc1Cl. The van der Waals surface area contributed by atoms with Gasteiger partial charge in [0, 0.05) is 11.4 Å². The second-order valence-corrected chi connectivity index (χ2v) is 7.14. The lowest BCUT2D eigenvalue weighted by Gasteiger charge is -2.19. The molecular weight excluding hydrogens is 475 g/mol. The Hall–Kier alpha value is -2.46. The van der Waals surface area contributed by atoms with E-state index in [1.807, 2.05) is 0 Å². The number of alkyl halides is 6. The molecule has 0 aliphatic rings. The average molecular weight is 488 g/mol. The summed E-state index contributed by atoms with van der Waals surface area (Å²) in [4.78, 5) is 24.5. The van der Waals surface area contributed by atoms with Gasteiger partial charge in [0.2, 0.25) is 0 Å². The van der Waals surface area contributed by atoms with Gasteiger partial charge in [-0.2, -0.15) is 26.3 Å². The number of ether oxygens (including phenoxy) is 1. The number of rotatable bonds is 5. The highest BCUT2D eigenvalue weighted by Gasteiger charge is 2.37. The largest absolute Gasteiger partial charge is 0.467 e. The first kappa shape index (κ1) is 24.8. The van der Waals surface area contributed by atoms with E-state index in [2.05, 4.69) is 10.1 Å². The number of carbonyl (C=O) groups is 2. The number of benzene rings is 2. The Bertz CT molecular complexity index is 959. The monoisotopic (exact) mass is 487 g/mol. The van der Waals surface area contributed by atoms with Crippen molar-refractivity contribution in [3.8, 4) is 0 Å². The molecule has 0 fully saturated rings. The van der Waals surface area contributed by atoms with Crippen molar-refractivity contribution in [2.24, 2.45) is 0 Å². The van der Waals surface area contributed by atoms with Gasteiger partial charge in [0.15, 0.2) is 0 Å². The van der Waals surface area contributed by atoms with E-state index in [0.717, 1.165) is 7.11 Å². The fourth-order valence-electron chi connectivity index (χ4n) is 2.62. The molecule has 0 saturated carbocycles. The van der Waals surface area contributed by atoms with Gasteiger partial charge in [-0.05, 0) is 42.0 Å². The molecule has 0 aliphatic heterocycles. The lowest BCUT2D eigenvalue weighted by Crippen LogP contribution is -2.43. The van der Waals surface area contributed by atoms with Crippen LogP contribution in [0.15, 0.2) is 36.4 Å². The molecule has 168 valence electrons. The van der Waals surface area contributed by atoms with Crippen LogP contribution in [-0.2, 0) is 28.3 Å². The van der Waals surface area contributed by atoms with Gasteiger partial charge in [-0.3, -0.25) is 4.79 Å². The Labute approximate surface area is 182 Å². The predicted molar refractivity (Wildman–Crippen MR) is 99.9 cm³/mol. The predicted octanol–water partition coefficient (Wildman–Crippen LogP) is 5.55. The van der Waals surface area contributed by atoms with E-state index in [1.54, 1.807) is 0 Å². The maximum absolute atomic E-state index is 13.1. The van der Waals surface area contributed by atoms with Gasteiger partial charge in [-0.1, -0.05) is 23.2 Å². The second-order valence-electron chi connectivity index (χ2n) is 6.29. The third-order valence-corrected chi connectivity index (χ3v) is 4.62. The standard InChI is InChI=1S/C19H13Cl2F6NO3/c1-31-17(30)15(28-16(29)13-8-12(20)2-3-14(13)21)6-9-4-10(18(22,23)24)7-11(5-9)19(25,26)27/h2-5,7-8,15H,6H2,1H3,(H,28,29). The zero-order valence-corrected chi connectivity index (χ0v) is 17.0. The first-order valence-electron chi connectivity index (χ1n) is 8.34. The summed E-state index contributed by atoms with van der Waals surface area (Å²) in [6.45, 7) is 0. The van der Waals surface area contributed by atoms with Crippen molar-refractivity contribution in [1.82, 2.24) is 5.32 Å². The van der Waals surface area contributed by atoms with Crippen molar-refractivity contribution in [2.45, 2.75) is 24.8 Å². The van der Waals surface area contributed by atoms with Crippen LogP contribution in [0, 0.1) is 0 Å². The van der Waals surface area contributed by atoms with Crippen LogP contribution in [0.2, 0.25) is 10.0 Å². The number of amides is 1. The molecule has 0 saturated heterocycles. The fourth-order valence-corrected chi connectivity index (χ4v) is 2.99. The van der Waals surface area contributed by atoms with E-state index in [4.69, 9.17) is 23.2 Å². The minimum atomic E-state index is -5.06. The zero-order chi connectivity index (χ0) is 23.6. The van der Waals surface area contributed by atoms with Gasteiger partial charge in [-0.15, -0.1) is 0 Å². The van der Waals surface area contributed by atoms with Crippen molar-refractivity contribution in [2.75, 3.05) is 7.11 Å². The first-order valence-corrected chi connectivity index (χ1v) is 9.10. The molecule has 0 heterocycles. The maximum Gasteiger partial charge on any atom is 0.416 e. The van der Waals surface area contributed by atoms with Crippen LogP contribution in [0.5, 0.6) is 0 Å². The van der Waals surface area contributed by atoms with Crippen LogP contribution in [-0.4, -0.2) is 25.0 Å².